The summed E-state index contributed by atoms with van der Waals surface area (Å²) >= 11 is 0. The first-order valence-electron chi connectivity index (χ1n) is 8.16. The summed E-state index contributed by atoms with van der Waals surface area (Å²) in [5.41, 5.74) is 4.24. The average molecular weight is 312 g/mol. The highest BCUT2D eigenvalue weighted by molar-refractivity contribution is 5.94. The number of benzene rings is 2. The van der Waals surface area contributed by atoms with Crippen molar-refractivity contribution in [2.24, 2.45) is 0 Å². The summed E-state index contributed by atoms with van der Waals surface area (Å²) in [4.78, 5) is 14.0. The maximum Gasteiger partial charge on any atom is 0.251 e. The Bertz CT molecular complexity index is 603. The Labute approximate surface area is 140 Å². The molecule has 0 aromatic heterocycles. The summed E-state index contributed by atoms with van der Waals surface area (Å²) in [6.45, 7) is 7.58. The fourth-order valence-electron chi connectivity index (χ4n) is 2.13. The van der Waals surface area contributed by atoms with Crippen molar-refractivity contribution in [2.75, 3.05) is 27.2 Å². The number of nitrogens with zero attached hydrogens (tertiary/aromatic N) is 1. The minimum Gasteiger partial charge on any atom is -0.351 e. The molecule has 23 heavy (non-hydrogen) atoms. The first-order valence-corrected chi connectivity index (χ1v) is 8.16. The molecule has 0 unspecified atom stereocenters. The van der Waals surface area contributed by atoms with E-state index in [4.69, 9.17) is 0 Å². The highest BCUT2D eigenvalue weighted by Crippen LogP contribution is 2.20. The Kier molecular flexibility index (Phi) is 8.06. The summed E-state index contributed by atoms with van der Waals surface area (Å²) in [6.07, 6.45) is 0. The Morgan fingerprint density at radius 2 is 1.65 bits per heavy atom. The largest absolute Gasteiger partial charge is 0.351 e. The van der Waals surface area contributed by atoms with Crippen molar-refractivity contribution >= 4 is 5.91 Å². The molecule has 0 bridgehead atoms. The van der Waals surface area contributed by atoms with Gasteiger partial charge in [-0.3, -0.25) is 4.79 Å². The molecule has 0 heterocycles. The van der Waals surface area contributed by atoms with Gasteiger partial charge in [-0.05, 0) is 44.3 Å². The van der Waals surface area contributed by atoms with Crippen molar-refractivity contribution in [1.29, 1.82) is 0 Å². The normalized spacial score (nSPS) is 10.0. The van der Waals surface area contributed by atoms with Crippen molar-refractivity contribution in [3.63, 3.8) is 0 Å². The van der Waals surface area contributed by atoms with Gasteiger partial charge in [-0.25, -0.2) is 0 Å². The van der Waals surface area contributed by atoms with Gasteiger partial charge < -0.3 is 10.2 Å². The molecule has 2 rings (SSSR count). The maximum absolute atomic E-state index is 12.0. The average Bonchev–Trinajstić information content (AvgIpc) is 2.56. The van der Waals surface area contributed by atoms with E-state index in [0.717, 1.165) is 12.1 Å². The fourth-order valence-corrected chi connectivity index (χ4v) is 2.13. The third kappa shape index (κ3) is 6.25. The van der Waals surface area contributed by atoms with Crippen LogP contribution in [0, 0.1) is 6.92 Å². The predicted molar refractivity (Wildman–Crippen MR) is 98.9 cm³/mol. The predicted octanol–water partition coefficient (Wildman–Crippen LogP) is 3.98. The van der Waals surface area contributed by atoms with E-state index in [9.17, 15) is 4.79 Å². The summed E-state index contributed by atoms with van der Waals surface area (Å²) in [6, 6.07) is 16.1. The molecule has 0 atom stereocenters. The van der Waals surface area contributed by atoms with Gasteiger partial charge in [-0.1, -0.05) is 55.8 Å². The van der Waals surface area contributed by atoms with E-state index in [-0.39, 0.29) is 5.91 Å². The van der Waals surface area contributed by atoms with Crippen LogP contribution in [0.4, 0.5) is 0 Å². The van der Waals surface area contributed by atoms with Crippen molar-refractivity contribution in [2.45, 2.75) is 20.8 Å². The van der Waals surface area contributed by atoms with Crippen molar-refractivity contribution in [1.82, 2.24) is 10.2 Å². The van der Waals surface area contributed by atoms with Gasteiger partial charge in [0.2, 0.25) is 0 Å². The van der Waals surface area contributed by atoms with Gasteiger partial charge in [0.1, 0.15) is 0 Å². The van der Waals surface area contributed by atoms with Crippen LogP contribution < -0.4 is 5.32 Å². The molecule has 0 aliphatic rings. The van der Waals surface area contributed by atoms with E-state index < -0.39 is 0 Å². The van der Waals surface area contributed by atoms with Crippen LogP contribution in [0.15, 0.2) is 48.5 Å². The van der Waals surface area contributed by atoms with Crippen molar-refractivity contribution in [3.8, 4) is 11.1 Å². The molecule has 0 aliphatic carbocycles. The Balaban J connectivity index is 0.00000127. The molecule has 2 aromatic carbocycles. The van der Waals surface area contributed by atoms with E-state index in [1.54, 1.807) is 0 Å². The van der Waals surface area contributed by atoms with Gasteiger partial charge in [0.25, 0.3) is 5.91 Å². The molecule has 0 saturated heterocycles. The van der Waals surface area contributed by atoms with Crippen LogP contribution in [0.3, 0.4) is 0 Å². The minimum absolute atomic E-state index is 0.0207. The van der Waals surface area contributed by atoms with E-state index in [1.807, 2.05) is 63.2 Å². The monoisotopic (exact) mass is 312 g/mol. The first-order chi connectivity index (χ1) is 11.1. The Morgan fingerprint density at radius 3 is 2.22 bits per heavy atom. The van der Waals surface area contributed by atoms with Crippen LogP contribution >= 0.6 is 0 Å². The first kappa shape index (κ1) is 18.9. The van der Waals surface area contributed by atoms with Crippen LogP contribution in [0.25, 0.3) is 11.1 Å². The second kappa shape index (κ2) is 9.80. The number of rotatable bonds is 5. The number of hydrogen-bond acceptors (Lipinski definition) is 2. The lowest BCUT2D eigenvalue weighted by atomic mass is 10.0. The highest BCUT2D eigenvalue weighted by Gasteiger charge is 2.05. The lowest BCUT2D eigenvalue weighted by molar-refractivity contribution is 0.0951. The lowest BCUT2D eigenvalue weighted by Crippen LogP contribution is -2.31. The maximum atomic E-state index is 12.0. The standard InChI is InChI=1S/C18H22N2O.C2H6/c1-14-5-4-6-17(13-14)15-7-9-16(10-8-15)18(21)19-11-12-20(2)3;1-2/h4-10,13H,11-12H2,1-3H3,(H,19,21);1-2H3. The SMILES string of the molecule is CC.Cc1cccc(-c2ccc(C(=O)NCCN(C)C)cc2)c1. The third-order valence-electron chi connectivity index (χ3n) is 3.34. The second-order valence-corrected chi connectivity index (χ2v) is 5.51. The Morgan fingerprint density at radius 1 is 1.00 bits per heavy atom. The van der Waals surface area contributed by atoms with Crippen LogP contribution in [-0.2, 0) is 0 Å². The van der Waals surface area contributed by atoms with Crippen LogP contribution in [-0.4, -0.2) is 38.0 Å². The van der Waals surface area contributed by atoms with Crippen LogP contribution in [0.5, 0.6) is 0 Å². The molecule has 0 saturated carbocycles. The van der Waals surface area contributed by atoms with Gasteiger partial charge in [-0.15, -0.1) is 0 Å². The molecule has 0 radical (unpaired) electrons. The molecular formula is C20H28N2O. The number of aryl methyl sites for hydroxylation is 1. The molecule has 0 fully saturated rings. The summed E-state index contributed by atoms with van der Waals surface area (Å²) in [7, 11) is 3.98. The summed E-state index contributed by atoms with van der Waals surface area (Å²) in [5, 5.41) is 2.92. The number of amides is 1. The lowest BCUT2D eigenvalue weighted by Gasteiger charge is -2.10. The molecule has 124 valence electrons. The topological polar surface area (TPSA) is 32.3 Å². The van der Waals surface area contributed by atoms with Gasteiger partial charge >= 0.3 is 0 Å². The molecule has 1 N–H and O–H groups in total. The van der Waals surface area contributed by atoms with Crippen molar-refractivity contribution < 1.29 is 4.79 Å². The number of carbonyl (C=O) groups is 1. The zero-order valence-corrected chi connectivity index (χ0v) is 14.9. The van der Waals surface area contributed by atoms with Crippen molar-refractivity contribution in [3.05, 3.63) is 59.7 Å². The van der Waals surface area contributed by atoms with Gasteiger partial charge in [0, 0.05) is 18.7 Å². The molecule has 2 aromatic rings. The number of carbonyl (C=O) groups excluding carboxylic acids is 1. The third-order valence-corrected chi connectivity index (χ3v) is 3.34. The molecule has 3 nitrogen and oxygen atoms in total. The Hall–Kier alpha value is -2.13. The highest BCUT2D eigenvalue weighted by atomic mass is 16.1. The number of hydrogen-bond donors (Lipinski definition) is 1. The smallest absolute Gasteiger partial charge is 0.251 e. The number of likely N-dealkylation sites (N-methyl/N-ethyl adjacent to an activating group) is 1. The zero-order valence-electron chi connectivity index (χ0n) is 14.9. The molecule has 0 aliphatic heterocycles. The summed E-state index contributed by atoms with van der Waals surface area (Å²) < 4.78 is 0. The second-order valence-electron chi connectivity index (χ2n) is 5.51. The molecular weight excluding hydrogens is 284 g/mol. The zero-order chi connectivity index (χ0) is 17.2. The van der Waals surface area contributed by atoms with Gasteiger partial charge in [0.15, 0.2) is 0 Å². The number of nitrogens with one attached hydrogen (secondary N) is 1. The van der Waals surface area contributed by atoms with E-state index in [1.165, 1.54) is 11.1 Å². The minimum atomic E-state index is -0.0207. The molecule has 1 amide bonds. The van der Waals surface area contributed by atoms with E-state index in [0.29, 0.717) is 12.1 Å². The van der Waals surface area contributed by atoms with Gasteiger partial charge in [-0.2, -0.15) is 0 Å². The van der Waals surface area contributed by atoms with Crippen LogP contribution in [0.1, 0.15) is 29.8 Å². The van der Waals surface area contributed by atoms with Crippen LogP contribution in [0.2, 0.25) is 0 Å². The quantitative estimate of drug-likeness (QED) is 0.905. The fraction of sp³-hybridized carbons (Fsp3) is 0.350. The molecule has 0 spiro atoms. The van der Waals surface area contributed by atoms with E-state index >= 15 is 0 Å². The van der Waals surface area contributed by atoms with Gasteiger partial charge in [0.05, 0.1) is 0 Å². The van der Waals surface area contributed by atoms with E-state index in [2.05, 4.69) is 30.4 Å². The molecule has 3 heteroatoms. The summed E-state index contributed by atoms with van der Waals surface area (Å²) in [5.74, 6) is -0.0207.